The number of β-lactam (4-membered cyclic amide) rings is 1. The summed E-state index contributed by atoms with van der Waals surface area (Å²) in [6.45, 7) is 2.88. The Balaban J connectivity index is 0.00000312. The number of rotatable bonds is 6. The first kappa shape index (κ1) is 21.3. The largest absolute Gasteiger partial charge is 0.398 e. The molecule has 1 amide bonds. The van der Waals surface area contributed by atoms with E-state index in [2.05, 4.69) is 15.0 Å². The third kappa shape index (κ3) is 3.94. The first-order valence-corrected chi connectivity index (χ1v) is 8.95. The molecule has 1 aliphatic heterocycles. The molecule has 0 radical (unpaired) electrons. The van der Waals surface area contributed by atoms with Gasteiger partial charge < -0.3 is 10.6 Å². The molecule has 1 atom stereocenters. The third-order valence-corrected chi connectivity index (χ3v) is 5.49. The average Bonchev–Trinajstić information content (AvgIpc) is 2.86. The molecule has 25 heavy (non-hydrogen) atoms. The van der Waals surface area contributed by atoms with E-state index >= 15 is 0 Å². The fourth-order valence-electron chi connectivity index (χ4n) is 2.56. The molecule has 0 spiro atoms. The number of nitrogens with zero attached hydrogens (tertiary/aromatic N) is 3. The minimum Gasteiger partial charge on any atom is -0.398 e. The minimum absolute atomic E-state index is 0. The minimum atomic E-state index is -4.68. The van der Waals surface area contributed by atoms with Gasteiger partial charge in [0.15, 0.2) is 16.6 Å². The summed E-state index contributed by atoms with van der Waals surface area (Å²) in [5.41, 5.74) is 4.39. The van der Waals surface area contributed by atoms with Crippen LogP contribution in [-0.2, 0) is 24.7 Å². The highest BCUT2D eigenvalue weighted by atomic mass is 32.2. The molecule has 1 aromatic heterocycles. The van der Waals surface area contributed by atoms with Crippen molar-refractivity contribution >= 4 is 57.7 Å². The Morgan fingerprint density at radius 2 is 2.16 bits per heavy atom. The number of ketones is 1. The number of amides is 1. The summed E-state index contributed by atoms with van der Waals surface area (Å²) in [6.07, 6.45) is -0.308. The summed E-state index contributed by atoms with van der Waals surface area (Å²) in [7, 11) is -3.43. The van der Waals surface area contributed by atoms with Crippen LogP contribution in [0.4, 0.5) is 5.13 Å². The summed E-state index contributed by atoms with van der Waals surface area (Å²) in [6, 6.07) is 0. The summed E-state index contributed by atoms with van der Waals surface area (Å²) in [5, 5.41) is 5.38. The van der Waals surface area contributed by atoms with Gasteiger partial charge >= 0.3 is 10.3 Å². The molecule has 1 fully saturated rings. The van der Waals surface area contributed by atoms with E-state index in [1.165, 1.54) is 26.3 Å². The van der Waals surface area contributed by atoms with Crippen LogP contribution in [0.5, 0.6) is 0 Å². The molecule has 2 heterocycles. The zero-order valence-corrected chi connectivity index (χ0v) is 16.2. The maximum atomic E-state index is 12.5. The van der Waals surface area contributed by atoms with E-state index < -0.39 is 33.5 Å². The van der Waals surface area contributed by atoms with Crippen LogP contribution in [0.2, 0.25) is 0 Å². The lowest BCUT2D eigenvalue weighted by Gasteiger charge is -2.50. The third-order valence-electron chi connectivity index (χ3n) is 3.71. The number of hydrogen-bond acceptors (Lipinski definition) is 9. The van der Waals surface area contributed by atoms with E-state index in [1.54, 1.807) is 0 Å². The van der Waals surface area contributed by atoms with E-state index in [9.17, 15) is 18.0 Å². The molecule has 13 heteroatoms. The SMILES string of the molecule is CO/N=C(\C(=O)CC1C(=O)N(S(=O)(=O)O)C1(C)C)c1csc(N)n1.S. The highest BCUT2D eigenvalue weighted by molar-refractivity contribution is 7.84. The molecule has 0 saturated carbocycles. The van der Waals surface area contributed by atoms with Gasteiger partial charge in [0.1, 0.15) is 12.8 Å². The molecule has 0 bridgehead atoms. The van der Waals surface area contributed by atoms with Crippen molar-refractivity contribution in [3.63, 3.8) is 0 Å². The van der Waals surface area contributed by atoms with Crippen LogP contribution in [0.1, 0.15) is 26.0 Å². The monoisotopic (exact) mass is 410 g/mol. The smallest absolute Gasteiger partial charge is 0.362 e. The lowest BCUT2D eigenvalue weighted by atomic mass is 9.75. The number of oxime groups is 1. The van der Waals surface area contributed by atoms with Gasteiger partial charge in [-0.25, -0.2) is 9.29 Å². The lowest BCUT2D eigenvalue weighted by Crippen LogP contribution is -2.69. The molecule has 1 unspecified atom stereocenters. The van der Waals surface area contributed by atoms with Gasteiger partial charge in [-0.3, -0.25) is 14.1 Å². The Labute approximate surface area is 155 Å². The number of carbonyl (C=O) groups is 2. The molecular weight excluding hydrogens is 392 g/mol. The molecule has 0 aliphatic carbocycles. The molecule has 1 aromatic rings. The van der Waals surface area contributed by atoms with Crippen LogP contribution in [-0.4, -0.2) is 52.3 Å². The van der Waals surface area contributed by atoms with Crippen molar-refractivity contribution in [3.8, 4) is 0 Å². The van der Waals surface area contributed by atoms with Crippen molar-refractivity contribution in [1.82, 2.24) is 9.29 Å². The maximum absolute atomic E-state index is 12.5. The molecule has 1 aliphatic rings. The number of nitrogen functional groups attached to an aromatic ring is 1. The van der Waals surface area contributed by atoms with Crippen molar-refractivity contribution in [2.75, 3.05) is 12.8 Å². The summed E-state index contributed by atoms with van der Waals surface area (Å²) >= 11 is 1.11. The average molecular weight is 410 g/mol. The van der Waals surface area contributed by atoms with Crippen LogP contribution >= 0.6 is 24.8 Å². The van der Waals surface area contributed by atoms with Crippen LogP contribution in [0.3, 0.4) is 0 Å². The van der Waals surface area contributed by atoms with E-state index in [4.69, 9.17) is 10.3 Å². The predicted octanol–water partition coefficient (Wildman–Crippen LogP) is 0.188. The topological polar surface area (TPSA) is 152 Å². The number of thiazole rings is 1. The summed E-state index contributed by atoms with van der Waals surface area (Å²) < 4.78 is 31.9. The number of hydrogen-bond donors (Lipinski definition) is 2. The highest BCUT2D eigenvalue weighted by Crippen LogP contribution is 2.41. The molecule has 1 saturated heterocycles. The maximum Gasteiger partial charge on any atom is 0.362 e. The van der Waals surface area contributed by atoms with E-state index in [0.717, 1.165) is 11.3 Å². The van der Waals surface area contributed by atoms with Crippen molar-refractivity contribution in [3.05, 3.63) is 11.1 Å². The van der Waals surface area contributed by atoms with Crippen LogP contribution in [0.15, 0.2) is 10.5 Å². The Bertz CT molecular complexity index is 817. The number of Topliss-reactive ketones (excluding diaryl/α,β-unsaturated/α-hetero) is 1. The van der Waals surface area contributed by atoms with Crippen molar-refractivity contribution in [1.29, 1.82) is 0 Å². The van der Waals surface area contributed by atoms with Crippen LogP contribution < -0.4 is 5.73 Å². The van der Waals surface area contributed by atoms with Gasteiger partial charge in [-0.2, -0.15) is 21.9 Å². The van der Waals surface area contributed by atoms with E-state index in [0.29, 0.717) is 4.31 Å². The summed E-state index contributed by atoms with van der Waals surface area (Å²) in [5.74, 6) is -2.33. The molecule has 3 N–H and O–H groups in total. The van der Waals surface area contributed by atoms with Crippen LogP contribution in [0, 0.1) is 5.92 Å². The molecule has 0 aromatic carbocycles. The van der Waals surface area contributed by atoms with Gasteiger partial charge in [-0.1, -0.05) is 5.16 Å². The quantitative estimate of drug-likeness (QED) is 0.292. The Morgan fingerprint density at radius 1 is 1.56 bits per heavy atom. The standard InChI is InChI=1S/C12H16N4O6S2.H2S/c1-12(2)6(10(18)16(12)24(19,20)21)4-8(17)9(15-22-3)7-5-23-11(13)14-7;/h5-6H,4H2,1-3H3,(H2,13,14)(H,19,20,21);1H2/b15-9-;. The normalized spacial score (nSPS) is 19.8. The zero-order chi connectivity index (χ0) is 18.3. The fraction of sp³-hybridized carbons (Fsp3) is 0.500. The first-order chi connectivity index (χ1) is 11.0. The van der Waals surface area contributed by atoms with E-state index in [-0.39, 0.29) is 36.5 Å². The Morgan fingerprint density at radius 3 is 2.56 bits per heavy atom. The summed E-state index contributed by atoms with van der Waals surface area (Å²) in [4.78, 5) is 33.1. The van der Waals surface area contributed by atoms with Crippen molar-refractivity contribution in [2.24, 2.45) is 11.1 Å². The molecule has 140 valence electrons. The van der Waals surface area contributed by atoms with Crippen LogP contribution in [0.25, 0.3) is 0 Å². The second-order valence-corrected chi connectivity index (χ2v) is 7.76. The first-order valence-electron chi connectivity index (χ1n) is 6.67. The van der Waals surface area contributed by atoms with Gasteiger partial charge in [-0.15, -0.1) is 11.3 Å². The van der Waals surface area contributed by atoms with Gasteiger partial charge in [-0.05, 0) is 13.8 Å². The predicted molar refractivity (Wildman–Crippen MR) is 96.0 cm³/mol. The Kier molecular flexibility index (Phi) is 6.21. The zero-order valence-electron chi connectivity index (χ0n) is 13.6. The van der Waals surface area contributed by atoms with Gasteiger partial charge in [0.05, 0.1) is 11.5 Å². The van der Waals surface area contributed by atoms with Gasteiger partial charge in [0.25, 0.3) is 0 Å². The molecular formula is C12H18N4O6S3. The van der Waals surface area contributed by atoms with Gasteiger partial charge in [0.2, 0.25) is 5.91 Å². The molecule has 10 nitrogen and oxygen atoms in total. The fourth-order valence-corrected chi connectivity index (χ4v) is 4.19. The molecule has 2 rings (SSSR count). The second kappa shape index (κ2) is 7.27. The van der Waals surface area contributed by atoms with E-state index in [1.807, 2.05) is 0 Å². The van der Waals surface area contributed by atoms with Crippen molar-refractivity contribution < 1.29 is 27.4 Å². The Hall–Kier alpha value is -1.70. The second-order valence-electron chi connectivity index (χ2n) is 5.61. The number of anilines is 1. The highest BCUT2D eigenvalue weighted by Gasteiger charge is 2.59. The van der Waals surface area contributed by atoms with Crippen molar-refractivity contribution in [2.45, 2.75) is 25.8 Å². The number of aromatic nitrogens is 1. The lowest BCUT2D eigenvalue weighted by molar-refractivity contribution is -0.156. The number of carbonyl (C=O) groups excluding carboxylic acids is 2. The van der Waals surface area contributed by atoms with Gasteiger partial charge in [0, 0.05) is 11.8 Å². The number of nitrogens with two attached hydrogens (primary N) is 1.